The number of halogens is 1. The monoisotopic (exact) mass is 331 g/mol. The normalized spacial score (nSPS) is 20.6. The Balaban J connectivity index is 1.93. The average Bonchev–Trinajstić information content (AvgIpc) is 2.47. The number of hydrogen-bond donors (Lipinski definition) is 2. The lowest BCUT2D eigenvalue weighted by atomic mass is 10.00. The van der Waals surface area contributed by atoms with Crippen LogP contribution in [0.2, 0.25) is 5.02 Å². The van der Waals surface area contributed by atoms with Crippen molar-refractivity contribution < 1.29 is 8.42 Å². The smallest absolute Gasteiger partial charge is 0.279 e. The zero-order valence-corrected chi connectivity index (χ0v) is 13.8. The van der Waals surface area contributed by atoms with Crippen molar-refractivity contribution in [1.82, 2.24) is 14.3 Å². The molecule has 1 aliphatic rings. The van der Waals surface area contributed by atoms with Gasteiger partial charge in [-0.25, -0.2) is 0 Å². The maximum absolute atomic E-state index is 12.3. The molecule has 0 aromatic heterocycles. The van der Waals surface area contributed by atoms with Crippen LogP contribution in [0.4, 0.5) is 0 Å². The molecule has 1 saturated heterocycles. The van der Waals surface area contributed by atoms with Crippen molar-refractivity contribution in [1.29, 1.82) is 0 Å². The Labute approximate surface area is 131 Å². The van der Waals surface area contributed by atoms with Gasteiger partial charge in [-0.2, -0.15) is 17.4 Å². The molecule has 1 aromatic rings. The predicted molar refractivity (Wildman–Crippen MR) is 85.4 cm³/mol. The van der Waals surface area contributed by atoms with Gasteiger partial charge in [-0.1, -0.05) is 23.7 Å². The second-order valence-corrected chi connectivity index (χ2v) is 7.57. The SMILES string of the molecule is CNCC1CCCN(S(=O)(=O)NCc2ccc(Cl)cc2)C1. The summed E-state index contributed by atoms with van der Waals surface area (Å²) >= 11 is 5.82. The van der Waals surface area contributed by atoms with Gasteiger partial charge in [0.2, 0.25) is 0 Å². The van der Waals surface area contributed by atoms with Crippen LogP contribution in [0, 0.1) is 5.92 Å². The lowest BCUT2D eigenvalue weighted by Gasteiger charge is -2.31. The van der Waals surface area contributed by atoms with Crippen molar-refractivity contribution in [2.45, 2.75) is 19.4 Å². The van der Waals surface area contributed by atoms with Gasteiger partial charge in [0, 0.05) is 24.7 Å². The number of rotatable bonds is 6. The Morgan fingerprint density at radius 1 is 1.33 bits per heavy atom. The molecule has 2 rings (SSSR count). The van der Waals surface area contributed by atoms with E-state index in [0.717, 1.165) is 24.9 Å². The van der Waals surface area contributed by atoms with Crippen LogP contribution in [0.3, 0.4) is 0 Å². The van der Waals surface area contributed by atoms with E-state index >= 15 is 0 Å². The molecule has 0 bridgehead atoms. The summed E-state index contributed by atoms with van der Waals surface area (Å²) in [6.45, 7) is 2.31. The number of piperidine rings is 1. The topological polar surface area (TPSA) is 61.4 Å². The molecule has 7 heteroatoms. The molecule has 0 amide bonds. The molecule has 0 spiro atoms. The molecule has 1 aromatic carbocycles. The van der Waals surface area contributed by atoms with Crippen molar-refractivity contribution >= 4 is 21.8 Å². The van der Waals surface area contributed by atoms with Crippen LogP contribution in [0.1, 0.15) is 18.4 Å². The molecule has 1 unspecified atom stereocenters. The van der Waals surface area contributed by atoms with E-state index in [0.29, 0.717) is 24.0 Å². The Hall–Kier alpha value is -0.660. The number of benzene rings is 1. The molecule has 1 aliphatic heterocycles. The van der Waals surface area contributed by atoms with E-state index < -0.39 is 10.2 Å². The third-order valence-electron chi connectivity index (χ3n) is 3.69. The fourth-order valence-corrected chi connectivity index (χ4v) is 4.00. The lowest BCUT2D eigenvalue weighted by Crippen LogP contribution is -2.47. The Morgan fingerprint density at radius 2 is 2.05 bits per heavy atom. The largest absolute Gasteiger partial charge is 0.319 e. The van der Waals surface area contributed by atoms with Crippen molar-refractivity contribution in [3.8, 4) is 0 Å². The van der Waals surface area contributed by atoms with E-state index in [1.807, 2.05) is 19.2 Å². The highest BCUT2D eigenvalue weighted by molar-refractivity contribution is 7.87. The lowest BCUT2D eigenvalue weighted by molar-refractivity contribution is 0.261. The summed E-state index contributed by atoms with van der Waals surface area (Å²) in [4.78, 5) is 0. The first-order valence-corrected chi connectivity index (χ1v) is 8.97. The van der Waals surface area contributed by atoms with Gasteiger partial charge < -0.3 is 5.32 Å². The molecule has 2 N–H and O–H groups in total. The van der Waals surface area contributed by atoms with Gasteiger partial charge in [-0.3, -0.25) is 0 Å². The van der Waals surface area contributed by atoms with Crippen molar-refractivity contribution in [3.63, 3.8) is 0 Å². The number of hydrogen-bond acceptors (Lipinski definition) is 3. The zero-order chi connectivity index (χ0) is 15.3. The molecule has 118 valence electrons. The van der Waals surface area contributed by atoms with E-state index in [2.05, 4.69) is 10.0 Å². The third kappa shape index (κ3) is 4.93. The van der Waals surface area contributed by atoms with Crippen LogP contribution in [0.25, 0.3) is 0 Å². The van der Waals surface area contributed by atoms with Crippen molar-refractivity contribution in [2.75, 3.05) is 26.7 Å². The summed E-state index contributed by atoms with van der Waals surface area (Å²) < 4.78 is 28.9. The van der Waals surface area contributed by atoms with Crippen LogP contribution >= 0.6 is 11.6 Å². The summed E-state index contributed by atoms with van der Waals surface area (Å²) in [6.07, 6.45) is 1.98. The van der Waals surface area contributed by atoms with E-state index in [1.165, 1.54) is 0 Å². The van der Waals surface area contributed by atoms with Crippen molar-refractivity contribution in [3.05, 3.63) is 34.9 Å². The minimum absolute atomic E-state index is 0.284. The number of nitrogens with one attached hydrogen (secondary N) is 2. The highest BCUT2D eigenvalue weighted by Crippen LogP contribution is 2.18. The van der Waals surface area contributed by atoms with Gasteiger partial charge in [-0.15, -0.1) is 0 Å². The van der Waals surface area contributed by atoms with E-state index in [4.69, 9.17) is 11.6 Å². The van der Waals surface area contributed by atoms with E-state index in [1.54, 1.807) is 16.4 Å². The minimum atomic E-state index is -3.42. The quantitative estimate of drug-likeness (QED) is 0.832. The summed E-state index contributed by atoms with van der Waals surface area (Å²) in [6, 6.07) is 7.17. The second kappa shape index (κ2) is 7.56. The molecular weight excluding hydrogens is 310 g/mol. The summed E-state index contributed by atoms with van der Waals surface area (Å²) in [5.41, 5.74) is 0.895. The van der Waals surface area contributed by atoms with Gasteiger partial charge in [0.25, 0.3) is 10.2 Å². The fraction of sp³-hybridized carbons (Fsp3) is 0.571. The molecule has 0 saturated carbocycles. The maximum atomic E-state index is 12.3. The summed E-state index contributed by atoms with van der Waals surface area (Å²) in [7, 11) is -1.53. The summed E-state index contributed by atoms with van der Waals surface area (Å²) in [5, 5.41) is 3.76. The minimum Gasteiger partial charge on any atom is -0.319 e. The van der Waals surface area contributed by atoms with Crippen LogP contribution < -0.4 is 10.0 Å². The first kappa shape index (κ1) is 16.7. The van der Waals surface area contributed by atoms with Gasteiger partial charge in [0.15, 0.2) is 0 Å². The second-order valence-electron chi connectivity index (χ2n) is 5.38. The highest BCUT2D eigenvalue weighted by atomic mass is 35.5. The first-order chi connectivity index (χ1) is 10.0. The highest BCUT2D eigenvalue weighted by Gasteiger charge is 2.28. The fourth-order valence-electron chi connectivity index (χ4n) is 2.57. The van der Waals surface area contributed by atoms with Crippen LogP contribution in [-0.4, -0.2) is 39.4 Å². The van der Waals surface area contributed by atoms with Gasteiger partial charge in [0.05, 0.1) is 0 Å². The maximum Gasteiger partial charge on any atom is 0.279 e. The van der Waals surface area contributed by atoms with Crippen LogP contribution in [0.15, 0.2) is 24.3 Å². The Morgan fingerprint density at radius 3 is 2.71 bits per heavy atom. The average molecular weight is 332 g/mol. The van der Waals surface area contributed by atoms with Crippen LogP contribution in [0.5, 0.6) is 0 Å². The molecule has 1 atom stereocenters. The molecule has 1 fully saturated rings. The first-order valence-electron chi connectivity index (χ1n) is 7.15. The van der Waals surface area contributed by atoms with E-state index in [9.17, 15) is 8.42 Å². The van der Waals surface area contributed by atoms with E-state index in [-0.39, 0.29) is 6.54 Å². The van der Waals surface area contributed by atoms with Gasteiger partial charge in [-0.05, 0) is 50.0 Å². The molecule has 5 nitrogen and oxygen atoms in total. The standard InChI is InChI=1S/C14H22ClN3O2S/c1-16-9-13-3-2-8-18(11-13)21(19,20)17-10-12-4-6-14(15)7-5-12/h4-7,13,16-17H,2-3,8-11H2,1H3. The molecule has 0 radical (unpaired) electrons. The molecule has 1 heterocycles. The van der Waals surface area contributed by atoms with Crippen molar-refractivity contribution in [2.24, 2.45) is 5.92 Å². The van der Waals surface area contributed by atoms with Gasteiger partial charge >= 0.3 is 0 Å². The summed E-state index contributed by atoms with van der Waals surface area (Å²) in [5.74, 6) is 0.385. The Kier molecular flexibility index (Phi) is 6.01. The number of nitrogens with zero attached hydrogens (tertiary/aromatic N) is 1. The molecule has 21 heavy (non-hydrogen) atoms. The predicted octanol–water partition coefficient (Wildman–Crippen LogP) is 1.61. The van der Waals surface area contributed by atoms with Crippen LogP contribution in [-0.2, 0) is 16.8 Å². The third-order valence-corrected chi connectivity index (χ3v) is 5.46. The Bertz CT molecular complexity index is 546. The molecular formula is C14H22ClN3O2S. The van der Waals surface area contributed by atoms with Gasteiger partial charge in [0.1, 0.15) is 0 Å². The molecule has 0 aliphatic carbocycles. The zero-order valence-electron chi connectivity index (χ0n) is 12.2.